The quantitative estimate of drug-likeness (QED) is 0.126. The molecule has 5 aliphatic rings. The van der Waals surface area contributed by atoms with Crippen molar-refractivity contribution in [1.82, 2.24) is 19.9 Å². The number of nitrogen functional groups attached to an aromatic ring is 1. The maximum absolute atomic E-state index is 9.98. The molecule has 0 fully saturated rings. The van der Waals surface area contributed by atoms with Crippen molar-refractivity contribution in [3.8, 4) is 147 Å². The minimum atomic E-state index is -0.784. The van der Waals surface area contributed by atoms with Crippen LogP contribution in [0.15, 0.2) is 402 Å². The Hall–Kier alpha value is -14.6. The summed E-state index contributed by atoms with van der Waals surface area (Å²) >= 11 is 3.78. The Morgan fingerprint density at radius 1 is 0.291 bits per heavy atom. The normalized spacial score (nSPS) is 15.8. The topological polar surface area (TPSA) is 125 Å². The Labute approximate surface area is 687 Å². The van der Waals surface area contributed by atoms with Gasteiger partial charge in [-0.3, -0.25) is 0 Å². The van der Waals surface area contributed by atoms with E-state index in [1.54, 1.807) is 17.8 Å². The molecule has 0 amide bonds. The summed E-state index contributed by atoms with van der Waals surface area (Å²) in [4.78, 5) is 25.3. The summed E-state index contributed by atoms with van der Waals surface area (Å²) in [6, 6.07) is 135. The second-order valence-electron chi connectivity index (χ2n) is 30.6. The van der Waals surface area contributed by atoms with E-state index >= 15 is 0 Å². The number of nitriles is 2. The van der Waals surface area contributed by atoms with Crippen molar-refractivity contribution in [3.63, 3.8) is 0 Å². The lowest BCUT2D eigenvalue weighted by molar-refractivity contribution is 0.647. The van der Waals surface area contributed by atoms with Gasteiger partial charge in [-0.15, -0.1) is 11.8 Å². The maximum Gasteiger partial charge on any atom is 0.160 e. The van der Waals surface area contributed by atoms with Gasteiger partial charge in [0.2, 0.25) is 0 Å². The van der Waals surface area contributed by atoms with Gasteiger partial charge < -0.3 is 5.73 Å². The van der Waals surface area contributed by atoms with Gasteiger partial charge >= 0.3 is 0 Å². The van der Waals surface area contributed by atoms with Crippen molar-refractivity contribution in [2.75, 3.05) is 5.73 Å². The van der Waals surface area contributed by atoms with Crippen LogP contribution in [0, 0.1) is 22.7 Å². The summed E-state index contributed by atoms with van der Waals surface area (Å²) in [6.07, 6.45) is 7.06. The number of allylic oxidation sites excluding steroid dienone is 3. The Bertz CT molecular complexity index is 6990. The molecule has 9 heteroatoms. The van der Waals surface area contributed by atoms with Crippen LogP contribution in [-0.2, 0) is 10.8 Å². The van der Waals surface area contributed by atoms with Crippen LogP contribution in [-0.4, -0.2) is 25.2 Å². The average Bonchev–Trinajstić information content (AvgIpc) is 1.56. The Morgan fingerprint density at radius 3 is 1.33 bits per heavy atom. The number of thioether (sulfide) groups is 1. The molecule has 0 saturated carbocycles. The van der Waals surface area contributed by atoms with Crippen molar-refractivity contribution in [3.05, 3.63) is 443 Å². The first-order valence-electron chi connectivity index (χ1n) is 39.4. The van der Waals surface area contributed by atoms with Gasteiger partial charge in [-0.1, -0.05) is 339 Å². The number of anilines is 1. The van der Waals surface area contributed by atoms with Gasteiger partial charge in [-0.2, -0.15) is 10.5 Å². The van der Waals surface area contributed by atoms with Crippen molar-refractivity contribution < 1.29 is 0 Å². The number of benzene rings is 15. The molecule has 117 heavy (non-hydrogen) atoms. The van der Waals surface area contributed by atoms with Crippen molar-refractivity contribution in [2.24, 2.45) is 0 Å². The van der Waals surface area contributed by atoms with E-state index in [4.69, 9.17) is 25.7 Å². The van der Waals surface area contributed by atoms with E-state index in [2.05, 4.69) is 346 Å². The van der Waals surface area contributed by atoms with Crippen LogP contribution < -0.4 is 5.73 Å². The molecule has 4 heterocycles. The van der Waals surface area contributed by atoms with Gasteiger partial charge in [-0.05, 0) is 171 Å². The minimum Gasteiger partial charge on any atom is -0.399 e. The summed E-state index contributed by atoms with van der Waals surface area (Å²) in [5.74, 6) is 1.36. The molecule has 0 saturated heterocycles. The molecule has 2 spiro atoms. The molecule has 3 unspecified atom stereocenters. The first kappa shape index (κ1) is 69.2. The lowest BCUT2D eigenvalue weighted by atomic mass is 9.63. The molecule has 2 aromatic heterocycles. The second kappa shape index (κ2) is 27.9. The molecule has 7 nitrogen and oxygen atoms in total. The Kier molecular flexibility index (Phi) is 16.5. The highest BCUT2D eigenvalue weighted by Gasteiger charge is 2.56. The first-order chi connectivity index (χ1) is 57.8. The number of nitrogens with zero attached hydrogens (tertiary/aromatic N) is 6. The predicted octanol–water partition coefficient (Wildman–Crippen LogP) is 26.2. The van der Waals surface area contributed by atoms with E-state index in [0.717, 1.165) is 111 Å². The molecule has 3 aliphatic carbocycles. The van der Waals surface area contributed by atoms with Crippen LogP contribution in [0.3, 0.4) is 0 Å². The van der Waals surface area contributed by atoms with E-state index in [1.807, 2.05) is 54.2 Å². The number of nitrogens with two attached hydrogens (primary N) is 1. The van der Waals surface area contributed by atoms with Gasteiger partial charge in [0.05, 0.1) is 56.9 Å². The van der Waals surface area contributed by atoms with Gasteiger partial charge in [0.15, 0.2) is 11.6 Å². The highest BCUT2D eigenvalue weighted by Crippen LogP contribution is 2.68. The zero-order valence-electron chi connectivity index (χ0n) is 63.1. The van der Waals surface area contributed by atoms with E-state index in [9.17, 15) is 10.5 Å². The summed E-state index contributed by atoms with van der Waals surface area (Å²) in [6.45, 7) is 0. The van der Waals surface area contributed by atoms with Gasteiger partial charge in [0.25, 0.3) is 0 Å². The molecule has 0 bridgehead atoms. The minimum absolute atomic E-state index is 0.0604. The van der Waals surface area contributed by atoms with Crippen LogP contribution in [0.25, 0.3) is 135 Å². The third-order valence-corrected chi connectivity index (χ3v) is 27.0. The van der Waals surface area contributed by atoms with Crippen LogP contribution >= 0.6 is 23.5 Å². The highest BCUT2D eigenvalue weighted by atomic mass is 32.2. The van der Waals surface area contributed by atoms with Gasteiger partial charge in [0.1, 0.15) is 0 Å². The highest BCUT2D eigenvalue weighted by molar-refractivity contribution is 8.00. The molecular weight excluding hydrogens is 1460 g/mol. The fourth-order valence-electron chi connectivity index (χ4n) is 19.1. The van der Waals surface area contributed by atoms with E-state index < -0.39 is 10.8 Å². The molecule has 17 aromatic rings. The molecule has 3 atom stereocenters. The number of aromatic nitrogens is 4. The number of hydrogen-bond acceptors (Lipinski definition) is 9. The largest absolute Gasteiger partial charge is 0.399 e. The predicted molar refractivity (Wildman–Crippen MR) is 475 cm³/mol. The molecule has 2 N–H and O–H groups in total. The smallest absolute Gasteiger partial charge is 0.160 e. The standard InChI is InChI=1S/C108H67N7S2/c109-64-66-56-67(65-110)58-79(57-66)69-46-50-70(51-47-69)81-35-18-42-93-101(81)117-104-87(100-63-99(72-24-6-2-7-25-72)112-105(115-100)74-26-8-3-9-27-74)38-21-45-96(104)108(93)91-41-15-12-34-86(91)88-61-75(54-55-92(88)108)68-48-52-73(53-49-68)98-62-97(71-22-4-1-5-23-71)113-106(114-98)78-30-16-28-76(59-78)82-36-19-43-94-102(82)116-103-83(77-29-17-31-80(111)60-77)37-20-44-95(103)107(94)89-39-13-10-32-84(89)85-33-11-14-40-90(85)107/h1-63,83,103H,111H2. The third-order valence-electron chi connectivity index (χ3n) is 24.2. The number of fused-ring (bicyclic) bond motifs is 18. The Morgan fingerprint density at radius 2 is 0.718 bits per heavy atom. The summed E-state index contributed by atoms with van der Waals surface area (Å²) in [7, 11) is 0. The van der Waals surface area contributed by atoms with Crippen molar-refractivity contribution in [2.45, 2.75) is 36.7 Å². The van der Waals surface area contributed by atoms with Crippen LogP contribution in [0.1, 0.15) is 61.6 Å². The lowest BCUT2D eigenvalue weighted by Crippen LogP contribution is -2.40. The second-order valence-corrected chi connectivity index (χ2v) is 32.7. The van der Waals surface area contributed by atoms with Crippen LogP contribution in [0.5, 0.6) is 0 Å². The number of rotatable bonds is 11. The zero-order valence-corrected chi connectivity index (χ0v) is 64.7. The zero-order chi connectivity index (χ0) is 77.9. The van der Waals surface area contributed by atoms with E-state index in [1.165, 1.54) is 82.8 Å². The first-order valence-corrected chi connectivity index (χ1v) is 41.1. The molecule has 2 aliphatic heterocycles. The van der Waals surface area contributed by atoms with Crippen LogP contribution in [0.2, 0.25) is 0 Å². The van der Waals surface area contributed by atoms with Gasteiger partial charge in [-0.25, -0.2) is 19.9 Å². The van der Waals surface area contributed by atoms with E-state index in [-0.39, 0.29) is 11.2 Å². The molecule has 15 aromatic carbocycles. The Balaban J connectivity index is 0.660. The van der Waals surface area contributed by atoms with Crippen LogP contribution in [0.4, 0.5) is 5.69 Å². The molecule has 22 rings (SSSR count). The number of hydrogen-bond donors (Lipinski definition) is 1. The maximum atomic E-state index is 9.98. The average molecular weight is 1530 g/mol. The fraction of sp³-hybridized carbons (Fsp3) is 0.0370. The molecular formula is C108H67N7S2. The van der Waals surface area contributed by atoms with E-state index in [0.29, 0.717) is 22.8 Å². The van der Waals surface area contributed by atoms with Gasteiger partial charge in [0, 0.05) is 64.9 Å². The third kappa shape index (κ3) is 11.2. The monoisotopic (exact) mass is 1530 g/mol. The summed E-state index contributed by atoms with van der Waals surface area (Å²) in [5.41, 5.74) is 40.6. The van der Waals surface area contributed by atoms with Crippen molar-refractivity contribution in [1.29, 1.82) is 10.5 Å². The lowest BCUT2D eigenvalue weighted by Gasteiger charge is -2.47. The SMILES string of the molecule is N#Cc1cc(C#N)cc(-c2ccc(-c3cccc4c3Sc3c(-c5cc(-c6ccccc6)nc(-c6ccccc6)n5)cccc3C43c4ccccc4-c4cc(-c5ccc(-c6cc(-c7ccccc7)nc(-c7cccc(-c8cccc9c8SC8C(=CC=CC8c8cccc(N)c8)C98c9ccccc9-c9ccccc98)c7)n6)cc5)ccc43)cc2)c1. The summed E-state index contributed by atoms with van der Waals surface area (Å²) in [5, 5.41) is 20.0. The summed E-state index contributed by atoms with van der Waals surface area (Å²) < 4.78 is 0. The molecule has 0 radical (unpaired) electrons. The molecule has 546 valence electrons. The fourth-order valence-corrected chi connectivity index (χ4v) is 22.2. The van der Waals surface area contributed by atoms with Crippen molar-refractivity contribution >= 4 is 29.2 Å².